The number of nitro benzene ring substituents is 1. The summed E-state index contributed by atoms with van der Waals surface area (Å²) >= 11 is 0. The number of nitrogens with one attached hydrogen (secondary N) is 1. The van der Waals surface area contributed by atoms with Crippen LogP contribution in [0.3, 0.4) is 0 Å². The third-order valence-corrected chi connectivity index (χ3v) is 4.63. The molecule has 3 rings (SSSR count). The molecule has 0 unspecified atom stereocenters. The maximum Gasteiger partial charge on any atom is 0.269 e. The Balaban J connectivity index is 1.68. The molecule has 112 valence electrons. The monoisotopic (exact) mass is 289 g/mol. The third kappa shape index (κ3) is 2.90. The Morgan fingerprint density at radius 3 is 2.24 bits per heavy atom. The number of likely N-dealkylation sites (tertiary alicyclic amines) is 1. The van der Waals surface area contributed by atoms with Crippen LogP contribution in [-0.2, 0) is 0 Å². The molecular weight excluding hydrogens is 270 g/mol. The van der Waals surface area contributed by atoms with Crippen molar-refractivity contribution in [1.29, 1.82) is 0 Å². The fourth-order valence-electron chi connectivity index (χ4n) is 3.33. The van der Waals surface area contributed by atoms with Crippen LogP contribution in [0.2, 0.25) is 0 Å². The Morgan fingerprint density at radius 2 is 1.71 bits per heavy atom. The minimum Gasteiger partial charge on any atom is -0.339 e. The van der Waals surface area contributed by atoms with Crippen LogP contribution >= 0.6 is 0 Å². The topological polar surface area (TPSA) is 75.5 Å². The molecule has 0 radical (unpaired) electrons. The van der Waals surface area contributed by atoms with E-state index in [2.05, 4.69) is 5.32 Å². The lowest BCUT2D eigenvalue weighted by Gasteiger charge is -2.20. The first-order valence-electron chi connectivity index (χ1n) is 7.39. The molecule has 21 heavy (non-hydrogen) atoms. The molecule has 0 bridgehead atoms. The molecule has 2 heterocycles. The van der Waals surface area contributed by atoms with E-state index in [0.717, 1.165) is 39.0 Å². The van der Waals surface area contributed by atoms with E-state index in [9.17, 15) is 14.9 Å². The van der Waals surface area contributed by atoms with Crippen LogP contribution in [0, 0.1) is 22.0 Å². The predicted molar refractivity (Wildman–Crippen MR) is 78.1 cm³/mol. The van der Waals surface area contributed by atoms with Gasteiger partial charge in [-0.3, -0.25) is 14.9 Å². The Labute approximate surface area is 123 Å². The molecule has 1 aromatic rings. The van der Waals surface area contributed by atoms with E-state index in [1.54, 1.807) is 12.1 Å². The van der Waals surface area contributed by atoms with E-state index in [-0.39, 0.29) is 11.6 Å². The van der Waals surface area contributed by atoms with Gasteiger partial charge < -0.3 is 10.2 Å². The van der Waals surface area contributed by atoms with Crippen LogP contribution in [0.25, 0.3) is 0 Å². The molecule has 2 atom stereocenters. The summed E-state index contributed by atoms with van der Waals surface area (Å²) in [5.41, 5.74) is 0.550. The van der Waals surface area contributed by atoms with Crippen molar-refractivity contribution in [3.8, 4) is 0 Å². The van der Waals surface area contributed by atoms with Crippen molar-refractivity contribution in [2.24, 2.45) is 11.8 Å². The molecule has 0 aromatic heterocycles. The number of rotatable bonds is 2. The lowest BCUT2D eigenvalue weighted by Crippen LogP contribution is -2.32. The van der Waals surface area contributed by atoms with E-state index >= 15 is 0 Å². The summed E-state index contributed by atoms with van der Waals surface area (Å²) in [4.78, 5) is 24.6. The summed E-state index contributed by atoms with van der Waals surface area (Å²) in [6.45, 7) is 3.67. The van der Waals surface area contributed by atoms with Crippen molar-refractivity contribution in [2.45, 2.75) is 12.8 Å². The molecular formula is C15H19N3O3. The van der Waals surface area contributed by atoms with Gasteiger partial charge in [-0.2, -0.15) is 0 Å². The van der Waals surface area contributed by atoms with Crippen molar-refractivity contribution in [3.05, 3.63) is 39.9 Å². The van der Waals surface area contributed by atoms with Gasteiger partial charge in [0.15, 0.2) is 0 Å². The van der Waals surface area contributed by atoms with E-state index < -0.39 is 4.92 Å². The second kappa shape index (κ2) is 5.81. The maximum absolute atomic E-state index is 12.5. The molecule has 6 heteroatoms. The number of nitrogens with zero attached hydrogens (tertiary/aromatic N) is 2. The summed E-state index contributed by atoms with van der Waals surface area (Å²) in [6.07, 6.45) is 2.08. The van der Waals surface area contributed by atoms with E-state index in [0.29, 0.717) is 17.4 Å². The van der Waals surface area contributed by atoms with Crippen LogP contribution in [-0.4, -0.2) is 41.9 Å². The van der Waals surface area contributed by atoms with Crippen LogP contribution < -0.4 is 5.32 Å². The first-order chi connectivity index (χ1) is 10.1. The van der Waals surface area contributed by atoms with Gasteiger partial charge in [0.25, 0.3) is 11.6 Å². The summed E-state index contributed by atoms with van der Waals surface area (Å²) in [5, 5.41) is 14.1. The highest BCUT2D eigenvalue weighted by Gasteiger charge is 2.31. The molecule has 2 saturated heterocycles. The van der Waals surface area contributed by atoms with E-state index in [1.807, 2.05) is 4.90 Å². The number of carbonyl (C=O) groups is 1. The Bertz CT molecular complexity index is 530. The van der Waals surface area contributed by atoms with Crippen LogP contribution in [0.1, 0.15) is 23.2 Å². The second-order valence-corrected chi connectivity index (χ2v) is 5.85. The van der Waals surface area contributed by atoms with Crippen molar-refractivity contribution in [2.75, 3.05) is 26.2 Å². The molecule has 2 fully saturated rings. The SMILES string of the molecule is O=C(c1ccc([N+](=O)[O-])cc1)N1CC[C@@H]2CNC[C@@H]2CC1. The van der Waals surface area contributed by atoms with Gasteiger partial charge in [0.1, 0.15) is 0 Å². The van der Waals surface area contributed by atoms with Crippen molar-refractivity contribution in [3.63, 3.8) is 0 Å². The van der Waals surface area contributed by atoms with Gasteiger partial charge >= 0.3 is 0 Å². The standard InChI is InChI=1S/C15H19N3O3/c19-15(11-1-3-14(4-2-11)18(20)21)17-7-5-12-9-16-10-13(12)6-8-17/h1-4,12-13,16H,5-10H2/t12-,13+. The molecule has 1 N–H and O–H groups in total. The second-order valence-electron chi connectivity index (χ2n) is 5.85. The highest BCUT2D eigenvalue weighted by Crippen LogP contribution is 2.27. The largest absolute Gasteiger partial charge is 0.339 e. The Morgan fingerprint density at radius 1 is 1.14 bits per heavy atom. The van der Waals surface area contributed by atoms with Gasteiger partial charge in [0.2, 0.25) is 0 Å². The van der Waals surface area contributed by atoms with Crippen molar-refractivity contribution >= 4 is 11.6 Å². The van der Waals surface area contributed by atoms with E-state index in [4.69, 9.17) is 0 Å². The summed E-state index contributed by atoms with van der Waals surface area (Å²) < 4.78 is 0. The van der Waals surface area contributed by atoms with E-state index in [1.165, 1.54) is 12.1 Å². The predicted octanol–water partition coefficient (Wildman–Crippen LogP) is 1.67. The molecule has 2 aliphatic rings. The van der Waals surface area contributed by atoms with Crippen molar-refractivity contribution in [1.82, 2.24) is 10.2 Å². The average Bonchev–Trinajstić information content (AvgIpc) is 2.85. The number of nitro groups is 1. The van der Waals surface area contributed by atoms with Crippen molar-refractivity contribution < 1.29 is 9.72 Å². The molecule has 1 aromatic carbocycles. The number of amides is 1. The van der Waals surface area contributed by atoms with Gasteiger partial charge in [-0.1, -0.05) is 0 Å². The fourth-order valence-corrected chi connectivity index (χ4v) is 3.33. The lowest BCUT2D eigenvalue weighted by atomic mass is 9.92. The maximum atomic E-state index is 12.5. The Hall–Kier alpha value is -1.95. The molecule has 1 amide bonds. The number of carbonyl (C=O) groups excluding carboxylic acids is 1. The van der Waals surface area contributed by atoms with Crippen LogP contribution in [0.5, 0.6) is 0 Å². The smallest absolute Gasteiger partial charge is 0.269 e. The van der Waals surface area contributed by atoms with Gasteiger partial charge in [0, 0.05) is 30.8 Å². The summed E-state index contributed by atoms with van der Waals surface area (Å²) in [6, 6.07) is 5.88. The third-order valence-electron chi connectivity index (χ3n) is 4.63. The molecule has 2 aliphatic heterocycles. The normalized spacial score (nSPS) is 25.2. The van der Waals surface area contributed by atoms with Crippen LogP contribution in [0.4, 0.5) is 5.69 Å². The number of benzene rings is 1. The zero-order valence-corrected chi connectivity index (χ0v) is 11.8. The Kier molecular flexibility index (Phi) is 3.88. The highest BCUT2D eigenvalue weighted by atomic mass is 16.6. The van der Waals surface area contributed by atoms with Gasteiger partial charge in [0.05, 0.1) is 4.92 Å². The summed E-state index contributed by atoms with van der Waals surface area (Å²) in [5.74, 6) is 1.34. The number of hydrogen-bond donors (Lipinski definition) is 1. The molecule has 6 nitrogen and oxygen atoms in total. The summed E-state index contributed by atoms with van der Waals surface area (Å²) in [7, 11) is 0. The lowest BCUT2D eigenvalue weighted by molar-refractivity contribution is -0.384. The number of non-ortho nitro benzene ring substituents is 1. The highest BCUT2D eigenvalue weighted by molar-refractivity contribution is 5.94. The minimum atomic E-state index is -0.450. The molecule has 0 aliphatic carbocycles. The molecule has 0 spiro atoms. The van der Waals surface area contributed by atoms with Gasteiger partial charge in [-0.25, -0.2) is 0 Å². The van der Waals surface area contributed by atoms with Gasteiger partial charge in [-0.15, -0.1) is 0 Å². The average molecular weight is 289 g/mol. The first-order valence-corrected chi connectivity index (χ1v) is 7.39. The zero-order valence-electron chi connectivity index (χ0n) is 11.8. The quantitative estimate of drug-likeness (QED) is 0.663. The first kappa shape index (κ1) is 14.0. The number of hydrogen-bond acceptors (Lipinski definition) is 4. The van der Waals surface area contributed by atoms with Gasteiger partial charge in [-0.05, 0) is 49.9 Å². The minimum absolute atomic E-state index is 0.0159. The number of fused-ring (bicyclic) bond motifs is 1. The van der Waals surface area contributed by atoms with Crippen LogP contribution in [0.15, 0.2) is 24.3 Å². The fraction of sp³-hybridized carbons (Fsp3) is 0.533. The zero-order chi connectivity index (χ0) is 14.8. The molecule has 0 saturated carbocycles.